The predicted molar refractivity (Wildman–Crippen MR) is 378 cm³/mol. The van der Waals surface area contributed by atoms with Gasteiger partial charge in [0.25, 0.3) is 39.6 Å². The van der Waals surface area contributed by atoms with Crippen molar-refractivity contribution in [2.75, 3.05) is 39.3 Å². The molecular weight excluding hydrogens is 1360 g/mol. The molecule has 0 saturated carbocycles. The van der Waals surface area contributed by atoms with Crippen molar-refractivity contribution in [3.63, 3.8) is 0 Å². The number of non-ortho nitro benzene ring substituents is 5. The van der Waals surface area contributed by atoms with Gasteiger partial charge >= 0.3 is 0 Å². The van der Waals surface area contributed by atoms with Crippen LogP contribution >= 0.6 is 24.4 Å². The second kappa shape index (κ2) is 37.5. The number of H-pyrrole nitrogens is 2. The lowest BCUT2D eigenvalue weighted by atomic mass is 9.89. The number of likely N-dealkylation sites (tertiary alicyclic amines) is 2. The number of nitro groups is 5. The number of rotatable bonds is 15. The largest absolute Gasteiger partial charge is 0.332 e. The first kappa shape index (κ1) is 76.9. The van der Waals surface area contributed by atoms with Gasteiger partial charge in [0.2, 0.25) is 0 Å². The summed E-state index contributed by atoms with van der Waals surface area (Å²) in [5.74, 6) is -1.13. The molecule has 2 aromatic heterocycles. The zero-order valence-electron chi connectivity index (χ0n) is 53.7. The molecule has 0 unspecified atom stereocenters. The Labute approximate surface area is 587 Å². The lowest BCUT2D eigenvalue weighted by Crippen LogP contribution is -2.39. The Morgan fingerprint density at radius 1 is 0.412 bits per heavy atom. The van der Waals surface area contributed by atoms with Gasteiger partial charge in [0.1, 0.15) is 17.5 Å². The molecule has 102 heavy (non-hydrogen) atoms. The molecule has 2 fully saturated rings. The number of Topliss-reactive ketones (excluding diaryl/α,β-unsaturated/α-hetero) is 2. The number of aromatic nitrogens is 4. The Morgan fingerprint density at radius 2 is 0.667 bits per heavy atom. The third-order valence-electron chi connectivity index (χ3n) is 15.9. The molecule has 10 aromatic rings. The summed E-state index contributed by atoms with van der Waals surface area (Å²) in [5.41, 5.74) is 2.86. The summed E-state index contributed by atoms with van der Waals surface area (Å²) in [5, 5.41) is 52.4. The van der Waals surface area contributed by atoms with Crippen molar-refractivity contribution < 1.29 is 47.4 Å². The van der Waals surface area contributed by atoms with Gasteiger partial charge in [-0.1, -0.05) is 36.4 Å². The number of aromatic amines is 2. The molecule has 0 bridgehead atoms. The molecule has 0 radical (unpaired) electrons. The lowest BCUT2D eigenvalue weighted by molar-refractivity contribution is -0.389. The Balaban J connectivity index is 0.000000186. The normalized spacial score (nSPS) is 12.8. The summed E-state index contributed by atoms with van der Waals surface area (Å²) in [6.07, 6.45) is 2.95. The third kappa shape index (κ3) is 22.3. The van der Waals surface area contributed by atoms with Crippen LogP contribution in [-0.2, 0) is 13.1 Å². The van der Waals surface area contributed by atoms with Crippen molar-refractivity contribution >= 4 is 97.6 Å². The minimum atomic E-state index is -0.607. The van der Waals surface area contributed by atoms with Crippen LogP contribution in [0.2, 0.25) is 0 Å². The van der Waals surface area contributed by atoms with E-state index in [9.17, 15) is 82.9 Å². The van der Waals surface area contributed by atoms with Gasteiger partial charge < -0.3 is 19.8 Å². The number of carbonyl (C=O) groups is 2. The maximum absolute atomic E-state index is 13.1. The van der Waals surface area contributed by atoms with E-state index >= 15 is 0 Å². The summed E-state index contributed by atoms with van der Waals surface area (Å²) in [7, 11) is 0. The first-order valence-electron chi connectivity index (χ1n) is 30.8. The van der Waals surface area contributed by atoms with E-state index in [1.54, 1.807) is 33.4 Å². The molecule has 4 heterocycles. The molecule has 0 aliphatic carbocycles. The van der Waals surface area contributed by atoms with Crippen molar-refractivity contribution in [2.24, 2.45) is 11.8 Å². The summed E-state index contributed by atoms with van der Waals surface area (Å²) in [6, 6.07) is 45.9. The number of nitrogens with one attached hydrogen (secondary N) is 2. The van der Waals surface area contributed by atoms with Crippen molar-refractivity contribution in [1.82, 2.24) is 28.9 Å². The van der Waals surface area contributed by atoms with E-state index in [2.05, 4.69) is 29.5 Å². The first-order valence-corrected chi connectivity index (χ1v) is 31.7. The van der Waals surface area contributed by atoms with Crippen LogP contribution in [0.4, 0.5) is 53.0 Å². The maximum atomic E-state index is 13.1. The van der Waals surface area contributed by atoms with Gasteiger partial charge in [0.15, 0.2) is 32.5 Å². The van der Waals surface area contributed by atoms with Crippen LogP contribution in [-0.4, -0.2) is 104 Å². The Kier molecular flexibility index (Phi) is 28.2. The number of para-hydroxylation sites is 2. The highest BCUT2D eigenvalue weighted by molar-refractivity contribution is 7.71. The van der Waals surface area contributed by atoms with Gasteiger partial charge in [-0.25, -0.2) is 22.9 Å². The number of nitrogens with zero attached hydrogens (tertiary/aromatic N) is 11. The molecular formula is C70H60F3N13O14S2. The number of hydrogen-bond donors (Lipinski definition) is 2. The van der Waals surface area contributed by atoms with Crippen LogP contribution in [0.5, 0.6) is 0 Å². The molecule has 2 aliphatic rings. The number of hydrogen-bond acceptors (Lipinski definition) is 18. The lowest BCUT2D eigenvalue weighted by Gasteiger charge is -2.31. The highest BCUT2D eigenvalue weighted by atomic mass is 32.1. The molecule has 2 aliphatic heterocycles. The number of halogens is 3. The number of nitro benzene ring substituents is 5. The highest BCUT2D eigenvalue weighted by Crippen LogP contribution is 2.26. The van der Waals surface area contributed by atoms with E-state index < -0.39 is 30.4 Å². The van der Waals surface area contributed by atoms with Crippen LogP contribution in [0, 0.1) is 103 Å². The Morgan fingerprint density at radius 3 is 0.980 bits per heavy atom. The minimum Gasteiger partial charge on any atom is -0.332 e. The molecule has 0 spiro atoms. The predicted octanol–water partition coefficient (Wildman–Crippen LogP) is 15.1. The highest BCUT2D eigenvalue weighted by Gasteiger charge is 2.28. The third-order valence-corrected chi connectivity index (χ3v) is 16.6. The standard InChI is InChI=1S/C22H22FN3O2S.C22H22N4O4S.C7H4FN.C7H4N2O2.C6H4FNO2.C6H4N2O4/c23-17-7-5-15(6-8-17)20(27)16-9-11-25(12-10-16)13-14-26-21(28)18-3-1-2-4-19(18)24-22(26)29;27-20(15-5-7-17(8-6-15)26(29)30)16-9-11-24(12-10-16)13-14-25-21(28)18-3-1-2-4-19(18)23-22(25)31;1-9-7-4-2-6(8)3-5-7;1-8-6-2-4-7(5-3-6)9(10)11;7-5-1-3-6(4-2-5)8(9)10;9-7(10)5-1-2-6(4-3-5)8(11)12/h1-8,16H,9-14H2,(H,24,29);1-8,16H,9-14H2,(H,23,31);2-5H;2-5H;1-4H;1-4H/i23-1;;8-1;;7-1;. The second-order valence-electron chi connectivity index (χ2n) is 22.4. The van der Waals surface area contributed by atoms with E-state index in [0.717, 1.165) is 111 Å². The van der Waals surface area contributed by atoms with Gasteiger partial charge in [0.05, 0.1) is 59.6 Å². The zero-order valence-corrected chi connectivity index (χ0v) is 55.3. The van der Waals surface area contributed by atoms with Gasteiger partial charge in [-0.2, -0.15) is 0 Å². The molecule has 27 nitrogen and oxygen atoms in total. The van der Waals surface area contributed by atoms with Crippen molar-refractivity contribution in [3.05, 3.63) is 326 Å². The van der Waals surface area contributed by atoms with E-state index in [1.807, 2.05) is 36.4 Å². The van der Waals surface area contributed by atoms with Crippen LogP contribution < -0.4 is 11.1 Å². The molecule has 2 N–H and O–H groups in total. The van der Waals surface area contributed by atoms with E-state index in [-0.39, 0.29) is 74.6 Å². The molecule has 32 heteroatoms. The second-order valence-corrected chi connectivity index (χ2v) is 23.1. The fraction of sp³-hybridized carbons (Fsp3) is 0.200. The van der Waals surface area contributed by atoms with Crippen LogP contribution in [0.15, 0.2) is 204 Å². The topological polar surface area (TPSA) is 341 Å². The zero-order chi connectivity index (χ0) is 74.0. The summed E-state index contributed by atoms with van der Waals surface area (Å²) < 4.78 is 41.3. The molecule has 8 aromatic carbocycles. The Hall–Kier alpha value is -12.5. The van der Waals surface area contributed by atoms with Gasteiger partial charge in [-0.05, 0) is 173 Å². The smallest absolute Gasteiger partial charge is 0.269 e. The molecule has 0 atom stereocenters. The summed E-state index contributed by atoms with van der Waals surface area (Å²) in [4.78, 5) is 116. The van der Waals surface area contributed by atoms with Crippen LogP contribution in [0.25, 0.3) is 31.5 Å². The quantitative estimate of drug-likeness (QED) is 0.0316. The fourth-order valence-corrected chi connectivity index (χ4v) is 10.9. The monoisotopic (exact) mass is 1420 g/mol. The number of fused-ring (bicyclic) bond motifs is 2. The Bertz CT molecular complexity index is 4950. The molecule has 2 saturated heterocycles. The van der Waals surface area contributed by atoms with Crippen molar-refractivity contribution in [1.29, 1.82) is 0 Å². The average molecular weight is 1430 g/mol. The van der Waals surface area contributed by atoms with E-state index in [0.29, 0.717) is 69.0 Å². The summed E-state index contributed by atoms with van der Waals surface area (Å²) in [6.45, 7) is 18.5. The number of benzene rings is 8. The van der Waals surface area contributed by atoms with Crippen molar-refractivity contribution in [3.8, 4) is 0 Å². The molecule has 12 rings (SSSR count). The first-order chi connectivity index (χ1) is 48.8. The van der Waals surface area contributed by atoms with Gasteiger partial charge in [-0.15, -0.1) is 0 Å². The summed E-state index contributed by atoms with van der Waals surface area (Å²) >= 11 is 10.7. The van der Waals surface area contributed by atoms with E-state index in [4.69, 9.17) is 37.6 Å². The van der Waals surface area contributed by atoms with Gasteiger partial charge in [-0.3, -0.25) is 78.9 Å². The van der Waals surface area contributed by atoms with E-state index in [1.165, 1.54) is 84.9 Å². The SMILES string of the molecule is O=C(c1ccc([18F])cc1)C1CCN(CCn2c(=S)[nH]c3ccccc3c2=O)CC1.O=C(c1ccc([N+](=O)[O-])cc1)C1CCN(CCn2c(=S)[nH]c3ccccc3c2=O)CC1.O=[N+]([O-])c1ccc([18F])cc1.O=[N+]([O-])c1ccc([N+](=O)[O-])cc1.[C-]#[N+]c1ccc([18F])cc1.[C-]#[N+]c1ccc([N+](=O)[O-])cc1. The number of piperidine rings is 2. The molecule has 522 valence electrons. The minimum absolute atomic E-state index is 0.0115. The maximum Gasteiger partial charge on any atom is 0.269 e. The van der Waals surface area contributed by atoms with Crippen LogP contribution in [0.3, 0.4) is 0 Å². The molecule has 0 amide bonds. The van der Waals surface area contributed by atoms with Gasteiger partial charge in [0, 0.05) is 110 Å². The van der Waals surface area contributed by atoms with Crippen molar-refractivity contribution in [2.45, 2.75) is 38.8 Å². The number of ketones is 2. The number of carbonyl (C=O) groups excluding carboxylic acids is 2. The average Bonchev–Trinajstić information content (AvgIpc) is 0.801. The fourth-order valence-electron chi connectivity index (χ4n) is 10.4. The van der Waals surface area contributed by atoms with Crippen LogP contribution in [0.1, 0.15) is 46.4 Å².